The lowest BCUT2D eigenvalue weighted by atomic mass is 9.98. The summed E-state index contributed by atoms with van der Waals surface area (Å²) in [6.07, 6.45) is 2.72. The van der Waals surface area contributed by atoms with Crippen LogP contribution in [0.1, 0.15) is 42.8 Å². The van der Waals surface area contributed by atoms with Gasteiger partial charge in [-0.1, -0.05) is 17.7 Å². The highest BCUT2D eigenvalue weighted by Crippen LogP contribution is 2.23. The largest absolute Gasteiger partial charge is 0.324 e. The fourth-order valence-corrected chi connectivity index (χ4v) is 2.30. The van der Waals surface area contributed by atoms with Crippen LogP contribution in [-0.2, 0) is 6.42 Å². The van der Waals surface area contributed by atoms with E-state index in [1.54, 1.807) is 0 Å². The third-order valence-electron chi connectivity index (χ3n) is 3.26. The predicted octanol–water partition coefficient (Wildman–Crippen LogP) is 3.67. The fourth-order valence-electron chi connectivity index (χ4n) is 2.12. The maximum absolute atomic E-state index is 6.27. The summed E-state index contributed by atoms with van der Waals surface area (Å²) < 4.78 is 1.95. The number of aromatic nitrogens is 2. The van der Waals surface area contributed by atoms with Crippen LogP contribution in [0, 0.1) is 6.92 Å². The standard InChI is InChI=1S/C15H20ClN3/c1-10(2)19-7-6-13(18-19)9-15(17)14-8-12(16)5-4-11(14)3/h4-8,10,15H,9,17H2,1-3H3. The van der Waals surface area contributed by atoms with Crippen LogP contribution in [0.25, 0.3) is 0 Å². The first kappa shape index (κ1) is 14.1. The van der Waals surface area contributed by atoms with Crippen LogP contribution in [0.5, 0.6) is 0 Å². The third kappa shape index (κ3) is 3.37. The lowest BCUT2D eigenvalue weighted by molar-refractivity contribution is 0.522. The van der Waals surface area contributed by atoms with Crippen molar-refractivity contribution in [3.8, 4) is 0 Å². The molecule has 19 heavy (non-hydrogen) atoms. The van der Waals surface area contributed by atoms with E-state index in [-0.39, 0.29) is 6.04 Å². The average molecular weight is 278 g/mol. The first-order chi connectivity index (χ1) is 8.97. The Morgan fingerprint density at radius 1 is 1.32 bits per heavy atom. The molecule has 0 radical (unpaired) electrons. The molecule has 1 aromatic heterocycles. The van der Waals surface area contributed by atoms with Crippen molar-refractivity contribution in [3.05, 3.63) is 52.3 Å². The monoisotopic (exact) mass is 277 g/mol. The van der Waals surface area contributed by atoms with E-state index in [0.717, 1.165) is 22.7 Å². The van der Waals surface area contributed by atoms with Gasteiger partial charge in [0, 0.05) is 29.7 Å². The van der Waals surface area contributed by atoms with Crippen LogP contribution in [0.4, 0.5) is 0 Å². The summed E-state index contributed by atoms with van der Waals surface area (Å²) in [5.41, 5.74) is 9.54. The van der Waals surface area contributed by atoms with E-state index in [9.17, 15) is 0 Å². The molecule has 4 heteroatoms. The summed E-state index contributed by atoms with van der Waals surface area (Å²) >= 11 is 6.03. The molecule has 0 fully saturated rings. The molecule has 0 aliphatic carbocycles. The third-order valence-corrected chi connectivity index (χ3v) is 3.50. The number of benzene rings is 1. The van der Waals surface area contributed by atoms with E-state index >= 15 is 0 Å². The van der Waals surface area contributed by atoms with E-state index < -0.39 is 0 Å². The summed E-state index contributed by atoms with van der Waals surface area (Å²) in [4.78, 5) is 0. The van der Waals surface area contributed by atoms with Crippen LogP contribution in [-0.4, -0.2) is 9.78 Å². The molecule has 0 spiro atoms. The molecule has 0 amide bonds. The van der Waals surface area contributed by atoms with Gasteiger partial charge in [0.1, 0.15) is 0 Å². The Morgan fingerprint density at radius 2 is 2.05 bits per heavy atom. The molecule has 0 saturated heterocycles. The van der Waals surface area contributed by atoms with Crippen LogP contribution < -0.4 is 5.73 Å². The Kier molecular flexibility index (Phi) is 4.27. The zero-order valence-electron chi connectivity index (χ0n) is 11.6. The Bertz CT molecular complexity index is 560. The van der Waals surface area contributed by atoms with E-state index in [1.165, 1.54) is 5.56 Å². The predicted molar refractivity (Wildman–Crippen MR) is 79.4 cm³/mol. The minimum absolute atomic E-state index is 0.0748. The number of aryl methyl sites for hydroxylation is 1. The average Bonchev–Trinajstić information content (AvgIpc) is 2.80. The molecule has 2 rings (SSSR count). The van der Waals surface area contributed by atoms with Crippen molar-refractivity contribution in [2.24, 2.45) is 5.73 Å². The summed E-state index contributed by atoms with van der Waals surface area (Å²) in [5.74, 6) is 0. The van der Waals surface area contributed by atoms with Crippen molar-refractivity contribution in [3.63, 3.8) is 0 Å². The molecule has 1 heterocycles. The van der Waals surface area contributed by atoms with Crippen molar-refractivity contribution < 1.29 is 0 Å². The number of hydrogen-bond acceptors (Lipinski definition) is 2. The van der Waals surface area contributed by atoms with Crippen molar-refractivity contribution >= 4 is 11.6 Å². The van der Waals surface area contributed by atoms with Gasteiger partial charge in [-0.05, 0) is 50.1 Å². The molecule has 102 valence electrons. The second-order valence-electron chi connectivity index (χ2n) is 5.19. The number of halogens is 1. The molecular weight excluding hydrogens is 258 g/mol. The van der Waals surface area contributed by atoms with Gasteiger partial charge in [-0.2, -0.15) is 5.10 Å². The van der Waals surface area contributed by atoms with Gasteiger partial charge >= 0.3 is 0 Å². The van der Waals surface area contributed by atoms with Gasteiger partial charge in [-0.15, -0.1) is 0 Å². The summed E-state index contributed by atoms with van der Waals surface area (Å²) in [7, 11) is 0. The van der Waals surface area contributed by atoms with E-state index in [1.807, 2.05) is 35.1 Å². The van der Waals surface area contributed by atoms with Crippen LogP contribution in [0.3, 0.4) is 0 Å². The zero-order chi connectivity index (χ0) is 14.0. The van der Waals surface area contributed by atoms with E-state index in [2.05, 4.69) is 25.9 Å². The molecule has 3 nitrogen and oxygen atoms in total. The van der Waals surface area contributed by atoms with Gasteiger partial charge in [0.15, 0.2) is 0 Å². The van der Waals surface area contributed by atoms with Gasteiger partial charge in [0.2, 0.25) is 0 Å². The van der Waals surface area contributed by atoms with Crippen molar-refractivity contribution in [2.75, 3.05) is 0 Å². The molecular formula is C15H20ClN3. The highest BCUT2D eigenvalue weighted by molar-refractivity contribution is 6.30. The normalized spacial score (nSPS) is 12.9. The van der Waals surface area contributed by atoms with Crippen LogP contribution in [0.2, 0.25) is 5.02 Å². The lowest BCUT2D eigenvalue weighted by Crippen LogP contribution is -2.15. The summed E-state index contributed by atoms with van der Waals surface area (Å²) in [6, 6.07) is 8.16. The van der Waals surface area contributed by atoms with E-state index in [4.69, 9.17) is 17.3 Å². The highest BCUT2D eigenvalue weighted by Gasteiger charge is 2.12. The lowest BCUT2D eigenvalue weighted by Gasteiger charge is -2.14. The first-order valence-corrected chi connectivity index (χ1v) is 6.91. The maximum atomic E-state index is 6.27. The first-order valence-electron chi connectivity index (χ1n) is 6.53. The second kappa shape index (κ2) is 5.76. The molecule has 0 saturated carbocycles. The van der Waals surface area contributed by atoms with Gasteiger partial charge in [-0.25, -0.2) is 0 Å². The SMILES string of the molecule is Cc1ccc(Cl)cc1C(N)Cc1ccn(C(C)C)n1. The number of nitrogens with two attached hydrogens (primary N) is 1. The summed E-state index contributed by atoms with van der Waals surface area (Å²) in [5, 5.41) is 5.26. The van der Waals surface area contributed by atoms with Crippen molar-refractivity contribution in [1.29, 1.82) is 0 Å². The molecule has 2 aromatic rings. The molecule has 1 aromatic carbocycles. The van der Waals surface area contributed by atoms with Gasteiger partial charge < -0.3 is 5.73 Å². The smallest absolute Gasteiger partial charge is 0.0643 e. The molecule has 0 aliphatic heterocycles. The van der Waals surface area contributed by atoms with Crippen molar-refractivity contribution in [1.82, 2.24) is 9.78 Å². The second-order valence-corrected chi connectivity index (χ2v) is 5.63. The van der Waals surface area contributed by atoms with Crippen LogP contribution >= 0.6 is 11.6 Å². The maximum Gasteiger partial charge on any atom is 0.0643 e. The minimum Gasteiger partial charge on any atom is -0.324 e. The Balaban J connectivity index is 2.15. The Morgan fingerprint density at radius 3 is 2.68 bits per heavy atom. The van der Waals surface area contributed by atoms with E-state index in [0.29, 0.717) is 6.04 Å². The Labute approximate surface area is 119 Å². The number of rotatable bonds is 4. The molecule has 1 unspecified atom stereocenters. The molecule has 0 aliphatic rings. The molecule has 1 atom stereocenters. The highest BCUT2D eigenvalue weighted by atomic mass is 35.5. The number of nitrogens with zero attached hydrogens (tertiary/aromatic N) is 2. The number of hydrogen-bond donors (Lipinski definition) is 1. The summed E-state index contributed by atoms with van der Waals surface area (Å²) in [6.45, 7) is 6.27. The minimum atomic E-state index is -0.0748. The molecule has 0 bridgehead atoms. The van der Waals surface area contributed by atoms with Gasteiger partial charge in [-0.3, -0.25) is 4.68 Å². The fraction of sp³-hybridized carbons (Fsp3) is 0.400. The Hall–Kier alpha value is -1.32. The van der Waals surface area contributed by atoms with Crippen molar-refractivity contribution in [2.45, 2.75) is 39.3 Å². The topological polar surface area (TPSA) is 43.8 Å². The van der Waals surface area contributed by atoms with Gasteiger partial charge in [0.25, 0.3) is 0 Å². The van der Waals surface area contributed by atoms with Gasteiger partial charge in [0.05, 0.1) is 5.69 Å². The van der Waals surface area contributed by atoms with Crippen LogP contribution in [0.15, 0.2) is 30.5 Å². The molecule has 2 N–H and O–H groups in total. The quantitative estimate of drug-likeness (QED) is 0.927. The zero-order valence-corrected chi connectivity index (χ0v) is 12.4.